The van der Waals surface area contributed by atoms with Gasteiger partial charge >= 0.3 is 0 Å². The Kier molecular flexibility index (Phi) is 6.85. The molecule has 0 spiro atoms. The summed E-state index contributed by atoms with van der Waals surface area (Å²) in [5.41, 5.74) is 1.74. The minimum atomic E-state index is -0.0618. The van der Waals surface area contributed by atoms with Crippen molar-refractivity contribution in [3.05, 3.63) is 61.2 Å². The van der Waals surface area contributed by atoms with Gasteiger partial charge in [0.1, 0.15) is 10.7 Å². The van der Waals surface area contributed by atoms with E-state index in [9.17, 15) is 9.59 Å². The van der Waals surface area contributed by atoms with Crippen LogP contribution in [0.1, 0.15) is 43.0 Å². The number of nitrogens with one attached hydrogen (secondary N) is 1. The summed E-state index contributed by atoms with van der Waals surface area (Å²) < 4.78 is 7.17. The molecule has 1 aliphatic carbocycles. The fourth-order valence-electron chi connectivity index (χ4n) is 4.52. The molecule has 1 unspecified atom stereocenters. The maximum absolute atomic E-state index is 13.2. The number of aryl methyl sites for hydroxylation is 1. The molecule has 1 aromatic carbocycles. The summed E-state index contributed by atoms with van der Waals surface area (Å²) in [4.78, 5) is 40.8. The molecule has 178 valence electrons. The number of aromatic amines is 1. The fraction of sp³-hybridized carbons (Fsp3) is 0.440. The highest BCUT2D eigenvalue weighted by Crippen LogP contribution is 2.35. The molecule has 34 heavy (non-hydrogen) atoms. The zero-order valence-electron chi connectivity index (χ0n) is 19.4. The average molecular weight is 497 g/mol. The van der Waals surface area contributed by atoms with Gasteiger partial charge in [-0.05, 0) is 56.2 Å². The van der Waals surface area contributed by atoms with Gasteiger partial charge in [-0.1, -0.05) is 30.8 Å². The Labute approximate surface area is 205 Å². The standard InChI is InChI=1S/C25H28N4O3S2/c1-3-32-12-6-11-29-24(31)16-7-4-5-8-18(16)26-25(29)33-14-20-27-22(30)21-17-10-9-15(2)13-19(17)34-23(21)28-20/h4-5,7-8,15H,3,6,9-14H2,1-2H3,(H,27,28,30). The third-order valence-corrected chi connectivity index (χ3v) is 8.39. The van der Waals surface area contributed by atoms with E-state index >= 15 is 0 Å². The SMILES string of the molecule is CCOCCCn1c(SCc2nc3sc4c(c3c(=O)[nH]2)CCC(C)C4)nc2ccccc2c1=O. The zero-order valence-corrected chi connectivity index (χ0v) is 21.1. The number of thioether (sulfide) groups is 1. The van der Waals surface area contributed by atoms with Gasteiger partial charge in [0.05, 0.1) is 22.0 Å². The smallest absolute Gasteiger partial charge is 0.262 e. The molecule has 1 atom stereocenters. The zero-order chi connectivity index (χ0) is 23.7. The van der Waals surface area contributed by atoms with E-state index in [0.717, 1.165) is 35.9 Å². The van der Waals surface area contributed by atoms with E-state index in [1.54, 1.807) is 15.9 Å². The van der Waals surface area contributed by atoms with Gasteiger partial charge in [0, 0.05) is 24.6 Å². The molecule has 3 heterocycles. The largest absolute Gasteiger partial charge is 0.382 e. The van der Waals surface area contributed by atoms with Crippen molar-refractivity contribution in [1.29, 1.82) is 0 Å². The first kappa shape index (κ1) is 23.3. The van der Waals surface area contributed by atoms with Crippen LogP contribution in [0.4, 0.5) is 0 Å². The van der Waals surface area contributed by atoms with Crippen molar-refractivity contribution in [1.82, 2.24) is 19.5 Å². The number of thiophene rings is 1. The topological polar surface area (TPSA) is 89.9 Å². The molecule has 0 saturated carbocycles. The van der Waals surface area contributed by atoms with Crippen LogP contribution >= 0.6 is 23.1 Å². The van der Waals surface area contributed by atoms with Crippen molar-refractivity contribution in [2.75, 3.05) is 13.2 Å². The molecule has 0 fully saturated rings. The van der Waals surface area contributed by atoms with E-state index in [0.29, 0.717) is 53.3 Å². The fourth-order valence-corrected chi connectivity index (χ4v) is 6.82. The van der Waals surface area contributed by atoms with Gasteiger partial charge in [-0.25, -0.2) is 9.97 Å². The molecule has 4 aromatic rings. The third-order valence-electron chi connectivity index (χ3n) is 6.25. The van der Waals surface area contributed by atoms with Crippen LogP contribution in [0.5, 0.6) is 0 Å². The lowest BCUT2D eigenvalue weighted by atomic mass is 9.89. The van der Waals surface area contributed by atoms with E-state index < -0.39 is 0 Å². The normalized spacial score (nSPS) is 15.8. The Balaban J connectivity index is 1.45. The summed E-state index contributed by atoms with van der Waals surface area (Å²) in [5.74, 6) is 1.69. The second-order valence-electron chi connectivity index (χ2n) is 8.75. The first-order chi connectivity index (χ1) is 16.5. The molecule has 1 aliphatic rings. The van der Waals surface area contributed by atoms with Crippen molar-refractivity contribution in [2.45, 2.75) is 57.0 Å². The van der Waals surface area contributed by atoms with E-state index in [1.165, 1.54) is 22.2 Å². The second-order valence-corrected chi connectivity index (χ2v) is 10.8. The minimum Gasteiger partial charge on any atom is -0.382 e. The third kappa shape index (κ3) is 4.56. The maximum Gasteiger partial charge on any atom is 0.262 e. The van der Waals surface area contributed by atoms with Gasteiger partial charge < -0.3 is 9.72 Å². The number of nitrogens with zero attached hydrogens (tertiary/aromatic N) is 3. The Morgan fingerprint density at radius 2 is 2.12 bits per heavy atom. The molecular weight excluding hydrogens is 468 g/mol. The highest BCUT2D eigenvalue weighted by molar-refractivity contribution is 7.98. The Bertz CT molecular complexity index is 1460. The van der Waals surface area contributed by atoms with Crippen molar-refractivity contribution in [2.24, 2.45) is 5.92 Å². The number of para-hydroxylation sites is 1. The van der Waals surface area contributed by atoms with Crippen LogP contribution in [-0.2, 0) is 29.9 Å². The predicted molar refractivity (Wildman–Crippen MR) is 138 cm³/mol. The highest BCUT2D eigenvalue weighted by Gasteiger charge is 2.23. The second kappa shape index (κ2) is 10.0. The van der Waals surface area contributed by atoms with E-state index in [2.05, 4.69) is 11.9 Å². The first-order valence-electron chi connectivity index (χ1n) is 11.8. The lowest BCUT2D eigenvalue weighted by Gasteiger charge is -2.17. The Morgan fingerprint density at radius 1 is 1.26 bits per heavy atom. The molecule has 9 heteroatoms. The summed E-state index contributed by atoms with van der Waals surface area (Å²) in [6, 6.07) is 7.41. The van der Waals surface area contributed by atoms with E-state index in [-0.39, 0.29) is 11.1 Å². The van der Waals surface area contributed by atoms with Crippen molar-refractivity contribution in [3.8, 4) is 0 Å². The monoisotopic (exact) mass is 496 g/mol. The van der Waals surface area contributed by atoms with Gasteiger partial charge in [0.2, 0.25) is 0 Å². The number of rotatable bonds is 8. The van der Waals surface area contributed by atoms with Crippen LogP contribution in [0.25, 0.3) is 21.1 Å². The lowest BCUT2D eigenvalue weighted by molar-refractivity contribution is 0.140. The van der Waals surface area contributed by atoms with Gasteiger partial charge in [-0.2, -0.15) is 0 Å². The summed E-state index contributed by atoms with van der Waals surface area (Å²) >= 11 is 3.08. The van der Waals surface area contributed by atoms with Crippen LogP contribution in [0, 0.1) is 5.92 Å². The van der Waals surface area contributed by atoms with Crippen molar-refractivity contribution in [3.63, 3.8) is 0 Å². The number of aromatic nitrogens is 4. The highest BCUT2D eigenvalue weighted by atomic mass is 32.2. The van der Waals surface area contributed by atoms with Crippen molar-refractivity contribution >= 4 is 44.2 Å². The summed E-state index contributed by atoms with van der Waals surface area (Å²) in [6.07, 6.45) is 3.81. The van der Waals surface area contributed by atoms with Gasteiger partial charge in [0.25, 0.3) is 11.1 Å². The molecule has 3 aromatic heterocycles. The van der Waals surface area contributed by atoms with Crippen LogP contribution in [0.3, 0.4) is 0 Å². The van der Waals surface area contributed by atoms with Crippen LogP contribution in [-0.4, -0.2) is 32.7 Å². The van der Waals surface area contributed by atoms with Crippen LogP contribution in [0.15, 0.2) is 39.0 Å². The molecule has 0 aliphatic heterocycles. The minimum absolute atomic E-state index is 0.0541. The lowest BCUT2D eigenvalue weighted by Crippen LogP contribution is -2.24. The van der Waals surface area contributed by atoms with Crippen molar-refractivity contribution < 1.29 is 4.74 Å². The molecule has 0 amide bonds. The van der Waals surface area contributed by atoms with Gasteiger partial charge in [0.15, 0.2) is 5.16 Å². The Hall–Kier alpha value is -2.49. The number of ether oxygens (including phenoxy) is 1. The maximum atomic E-state index is 13.2. The van der Waals surface area contributed by atoms with Gasteiger partial charge in [-0.15, -0.1) is 11.3 Å². The average Bonchev–Trinajstić information content (AvgIpc) is 3.19. The number of hydrogen-bond donors (Lipinski definition) is 1. The molecule has 1 N–H and O–H groups in total. The summed E-state index contributed by atoms with van der Waals surface area (Å²) in [7, 11) is 0. The molecule has 0 radical (unpaired) electrons. The molecular formula is C25H28N4O3S2. The number of fused-ring (bicyclic) bond motifs is 4. The van der Waals surface area contributed by atoms with Gasteiger partial charge in [-0.3, -0.25) is 14.2 Å². The van der Waals surface area contributed by atoms with Crippen LogP contribution in [0.2, 0.25) is 0 Å². The summed E-state index contributed by atoms with van der Waals surface area (Å²) in [5, 5.41) is 1.99. The van der Waals surface area contributed by atoms with Crippen LogP contribution < -0.4 is 11.1 Å². The molecule has 7 nitrogen and oxygen atoms in total. The number of H-pyrrole nitrogens is 1. The molecule has 0 saturated heterocycles. The van der Waals surface area contributed by atoms with E-state index in [4.69, 9.17) is 14.7 Å². The van der Waals surface area contributed by atoms with E-state index in [1.807, 2.05) is 31.2 Å². The summed E-state index contributed by atoms with van der Waals surface area (Å²) in [6.45, 7) is 5.99. The molecule has 5 rings (SSSR count). The number of hydrogen-bond acceptors (Lipinski definition) is 7. The first-order valence-corrected chi connectivity index (χ1v) is 13.6. The predicted octanol–water partition coefficient (Wildman–Crippen LogP) is 4.54. The number of benzene rings is 1. The quantitative estimate of drug-likeness (QED) is 0.219. The Morgan fingerprint density at radius 3 is 2.97 bits per heavy atom. The molecule has 0 bridgehead atoms.